The Morgan fingerprint density at radius 2 is 1.74 bits per heavy atom. The lowest BCUT2D eigenvalue weighted by Crippen LogP contribution is -2.32. The minimum Gasteiger partial charge on any atom is -0.462 e. The zero-order valence-electron chi connectivity index (χ0n) is 20.4. The van der Waals surface area contributed by atoms with Crippen molar-refractivity contribution in [2.45, 2.75) is 32.6 Å². The van der Waals surface area contributed by atoms with Crippen LogP contribution in [0.1, 0.15) is 56.5 Å². The lowest BCUT2D eigenvalue weighted by Gasteiger charge is -2.12. The first-order valence-electron chi connectivity index (χ1n) is 11.9. The van der Waals surface area contributed by atoms with Gasteiger partial charge in [0.05, 0.1) is 23.9 Å². The summed E-state index contributed by atoms with van der Waals surface area (Å²) in [5.74, 6) is -2.61. The molecule has 1 aliphatic carbocycles. The van der Waals surface area contributed by atoms with Crippen molar-refractivity contribution in [3.8, 4) is 5.75 Å². The maximum atomic E-state index is 12.5. The lowest BCUT2D eigenvalue weighted by atomic mass is 9.95. The largest absolute Gasteiger partial charge is 0.462 e. The molecule has 9 nitrogen and oxygen atoms in total. The Morgan fingerprint density at radius 3 is 2.47 bits per heavy atom. The average molecular weight is 598 g/mol. The summed E-state index contributed by atoms with van der Waals surface area (Å²) in [5.41, 5.74) is 4.39. The molecule has 0 fully saturated rings. The predicted octanol–water partition coefficient (Wildman–Crippen LogP) is 4.87. The number of ether oxygens (including phenoxy) is 2. The Bertz CT molecular complexity index is 1400. The van der Waals surface area contributed by atoms with Gasteiger partial charge < -0.3 is 14.8 Å². The number of halogens is 1. The first-order valence-corrected chi connectivity index (χ1v) is 13.5. The molecule has 11 heteroatoms. The fourth-order valence-electron chi connectivity index (χ4n) is 3.86. The molecule has 0 bridgehead atoms. The van der Waals surface area contributed by atoms with Crippen LogP contribution >= 0.6 is 27.3 Å². The van der Waals surface area contributed by atoms with Gasteiger partial charge in [0.25, 0.3) is 0 Å². The van der Waals surface area contributed by atoms with Gasteiger partial charge in [-0.25, -0.2) is 15.0 Å². The number of esters is 2. The van der Waals surface area contributed by atoms with Gasteiger partial charge in [0.1, 0.15) is 10.8 Å². The zero-order valence-corrected chi connectivity index (χ0v) is 22.8. The van der Waals surface area contributed by atoms with Gasteiger partial charge in [-0.3, -0.25) is 9.59 Å². The highest BCUT2D eigenvalue weighted by Gasteiger charge is 2.28. The maximum absolute atomic E-state index is 12.5. The summed E-state index contributed by atoms with van der Waals surface area (Å²) in [6.45, 7) is 1.92. The Morgan fingerprint density at radius 1 is 1.00 bits per heavy atom. The van der Waals surface area contributed by atoms with Gasteiger partial charge >= 0.3 is 23.8 Å². The molecule has 2 amide bonds. The van der Waals surface area contributed by atoms with Crippen molar-refractivity contribution in [3.63, 3.8) is 0 Å². The van der Waals surface area contributed by atoms with Gasteiger partial charge in [-0.05, 0) is 96.1 Å². The number of carbonyl (C=O) groups is 4. The van der Waals surface area contributed by atoms with Gasteiger partial charge in [-0.2, -0.15) is 5.10 Å². The summed E-state index contributed by atoms with van der Waals surface area (Å²) in [4.78, 5) is 50.7. The molecule has 0 aliphatic heterocycles. The summed E-state index contributed by atoms with van der Waals surface area (Å²) in [7, 11) is 0. The molecule has 1 aromatic heterocycles. The second-order valence-corrected chi connectivity index (χ2v) is 10.2. The lowest BCUT2D eigenvalue weighted by molar-refractivity contribution is -0.136. The van der Waals surface area contributed by atoms with Crippen molar-refractivity contribution >= 4 is 62.2 Å². The van der Waals surface area contributed by atoms with Crippen molar-refractivity contribution in [2.24, 2.45) is 5.10 Å². The Kier molecular flexibility index (Phi) is 9.03. The molecule has 0 atom stereocenters. The van der Waals surface area contributed by atoms with Crippen LogP contribution in [-0.2, 0) is 27.2 Å². The van der Waals surface area contributed by atoms with E-state index in [2.05, 4.69) is 31.8 Å². The fraction of sp³-hybridized carbons (Fsp3) is 0.222. The highest BCUT2D eigenvalue weighted by Crippen LogP contribution is 2.38. The molecule has 4 rings (SSSR count). The molecule has 1 heterocycles. The SMILES string of the molecule is CCOC(=O)c1c(NC(=O)C(=O)N/N=C/c2ccc(OC(=O)c3ccccc3Br)cc2)sc2c1CCCC2. The Balaban J connectivity index is 1.34. The number of carbonyl (C=O) groups excluding carboxylic acids is 4. The van der Waals surface area contributed by atoms with Gasteiger partial charge in [0.15, 0.2) is 0 Å². The minimum absolute atomic E-state index is 0.209. The molecular weight excluding hydrogens is 574 g/mol. The van der Waals surface area contributed by atoms with Crippen LogP contribution < -0.4 is 15.5 Å². The van der Waals surface area contributed by atoms with E-state index >= 15 is 0 Å². The molecule has 196 valence electrons. The highest BCUT2D eigenvalue weighted by atomic mass is 79.9. The molecule has 0 saturated heterocycles. The number of fused-ring (bicyclic) bond motifs is 1. The molecule has 0 spiro atoms. The molecule has 3 aromatic rings. The standard InChI is InChI=1S/C27H24BrN3O6S/c1-2-36-27(35)22-19-8-4-6-10-21(19)38-25(22)30-23(32)24(33)31-29-15-16-11-13-17(14-12-16)37-26(34)18-7-3-5-9-20(18)28/h3,5,7,9,11-15H,2,4,6,8,10H2,1H3,(H,30,32)(H,31,33)/b29-15+. The number of thiophene rings is 1. The van der Waals surface area contributed by atoms with Crippen molar-refractivity contribution in [3.05, 3.63) is 80.1 Å². The van der Waals surface area contributed by atoms with E-state index in [-0.39, 0.29) is 6.61 Å². The fourth-order valence-corrected chi connectivity index (χ4v) is 5.58. The van der Waals surface area contributed by atoms with Crippen molar-refractivity contribution < 1.29 is 28.7 Å². The van der Waals surface area contributed by atoms with Crippen LogP contribution in [0.5, 0.6) is 5.75 Å². The maximum Gasteiger partial charge on any atom is 0.344 e. The van der Waals surface area contributed by atoms with Crippen LogP contribution in [0.25, 0.3) is 0 Å². The van der Waals surface area contributed by atoms with E-state index < -0.39 is 23.8 Å². The number of nitrogens with zero attached hydrogens (tertiary/aromatic N) is 1. The van der Waals surface area contributed by atoms with Gasteiger partial charge in [0, 0.05) is 9.35 Å². The monoisotopic (exact) mass is 597 g/mol. The number of hydrogen-bond donors (Lipinski definition) is 2. The Hall–Kier alpha value is -3.83. The topological polar surface area (TPSA) is 123 Å². The number of amides is 2. The third kappa shape index (κ3) is 6.53. The summed E-state index contributed by atoms with van der Waals surface area (Å²) in [6, 6.07) is 13.4. The molecular formula is C27H24BrN3O6S. The van der Waals surface area contributed by atoms with Crippen LogP contribution in [0.4, 0.5) is 5.00 Å². The number of hydrazone groups is 1. The molecule has 2 N–H and O–H groups in total. The number of rotatable bonds is 7. The number of anilines is 1. The van der Waals surface area contributed by atoms with Crippen molar-refractivity contribution in [2.75, 3.05) is 11.9 Å². The second-order valence-electron chi connectivity index (χ2n) is 8.23. The summed E-state index contributed by atoms with van der Waals surface area (Å²) in [6.07, 6.45) is 4.85. The van der Waals surface area contributed by atoms with Crippen LogP contribution in [0.15, 0.2) is 58.1 Å². The third-order valence-electron chi connectivity index (χ3n) is 5.65. The minimum atomic E-state index is -0.985. The molecule has 1 aliphatic rings. The van der Waals surface area contributed by atoms with Crippen LogP contribution in [0.3, 0.4) is 0 Å². The van der Waals surface area contributed by atoms with E-state index in [4.69, 9.17) is 9.47 Å². The molecule has 38 heavy (non-hydrogen) atoms. The molecule has 0 saturated carbocycles. The highest BCUT2D eigenvalue weighted by molar-refractivity contribution is 9.10. The van der Waals surface area contributed by atoms with Gasteiger partial charge in [-0.1, -0.05) is 12.1 Å². The van der Waals surface area contributed by atoms with Gasteiger partial charge in [0.2, 0.25) is 0 Å². The van der Waals surface area contributed by atoms with E-state index in [1.54, 1.807) is 55.5 Å². The van der Waals surface area contributed by atoms with Crippen LogP contribution in [-0.4, -0.2) is 36.6 Å². The Labute approximate surface area is 231 Å². The normalized spacial score (nSPS) is 12.5. The second kappa shape index (κ2) is 12.6. The number of aryl methyl sites for hydroxylation is 1. The van der Waals surface area contributed by atoms with E-state index in [0.717, 1.165) is 36.1 Å². The van der Waals surface area contributed by atoms with Crippen LogP contribution in [0.2, 0.25) is 0 Å². The van der Waals surface area contributed by atoms with Crippen molar-refractivity contribution in [1.29, 1.82) is 0 Å². The molecule has 2 aromatic carbocycles. The van der Waals surface area contributed by atoms with E-state index in [1.807, 2.05) is 0 Å². The quantitative estimate of drug-likeness (QED) is 0.132. The zero-order chi connectivity index (χ0) is 27.1. The van der Waals surface area contributed by atoms with Crippen molar-refractivity contribution in [1.82, 2.24) is 5.43 Å². The summed E-state index contributed by atoms with van der Waals surface area (Å²) < 4.78 is 11.2. The van der Waals surface area contributed by atoms with Crippen LogP contribution in [0, 0.1) is 0 Å². The first-order chi connectivity index (χ1) is 18.4. The van der Waals surface area contributed by atoms with Gasteiger partial charge in [-0.15, -0.1) is 11.3 Å². The number of hydrogen-bond acceptors (Lipinski definition) is 8. The number of nitrogens with one attached hydrogen (secondary N) is 2. The average Bonchev–Trinajstić information content (AvgIpc) is 3.27. The first kappa shape index (κ1) is 27.2. The van der Waals surface area contributed by atoms with E-state index in [0.29, 0.717) is 31.9 Å². The molecule has 0 unspecified atom stereocenters. The smallest absolute Gasteiger partial charge is 0.344 e. The predicted molar refractivity (Wildman–Crippen MR) is 147 cm³/mol. The summed E-state index contributed by atoms with van der Waals surface area (Å²) >= 11 is 4.62. The third-order valence-corrected chi connectivity index (χ3v) is 7.55. The molecule has 0 radical (unpaired) electrons. The van der Waals surface area contributed by atoms with E-state index in [1.165, 1.54) is 17.6 Å². The summed E-state index contributed by atoms with van der Waals surface area (Å²) in [5, 5.41) is 6.67. The number of benzene rings is 2. The van der Waals surface area contributed by atoms with E-state index in [9.17, 15) is 19.2 Å².